The minimum absolute atomic E-state index is 0.398. The van der Waals surface area contributed by atoms with E-state index in [4.69, 9.17) is 17.3 Å². The molecule has 0 aliphatic rings. The maximum atomic E-state index is 5.87. The third-order valence-electron chi connectivity index (χ3n) is 2.71. The van der Waals surface area contributed by atoms with Gasteiger partial charge in [0.15, 0.2) is 0 Å². The van der Waals surface area contributed by atoms with E-state index in [1.165, 1.54) is 11.1 Å². The molecule has 20 heavy (non-hydrogen) atoms. The van der Waals surface area contributed by atoms with Crippen LogP contribution in [0.2, 0.25) is 5.02 Å². The quantitative estimate of drug-likeness (QED) is 0.861. The maximum absolute atomic E-state index is 5.87. The molecule has 0 saturated heterocycles. The molecule has 0 aliphatic heterocycles. The molecule has 0 heterocycles. The van der Waals surface area contributed by atoms with Gasteiger partial charge in [0, 0.05) is 22.1 Å². The molecule has 0 spiro atoms. The lowest BCUT2D eigenvalue weighted by molar-refractivity contribution is 1.30. The molecule has 0 atom stereocenters. The molecule has 1 nitrogen and oxygen atoms in total. The van der Waals surface area contributed by atoms with Crippen LogP contribution >= 0.6 is 23.4 Å². The molecule has 3 heteroatoms. The van der Waals surface area contributed by atoms with Crippen LogP contribution in [0, 0.1) is 11.8 Å². The number of nitrogens with two attached hydrogens (primary N) is 1. The average Bonchev–Trinajstić information content (AvgIpc) is 2.48. The fourth-order valence-electron chi connectivity index (χ4n) is 1.76. The third-order valence-corrected chi connectivity index (χ3v) is 4.04. The Morgan fingerprint density at radius 2 is 1.75 bits per heavy atom. The van der Waals surface area contributed by atoms with E-state index in [-0.39, 0.29) is 0 Å². The van der Waals surface area contributed by atoms with E-state index in [1.54, 1.807) is 0 Å². The lowest BCUT2D eigenvalue weighted by Crippen LogP contribution is -1.93. The molecule has 0 fully saturated rings. The maximum Gasteiger partial charge on any atom is 0.0555 e. The van der Waals surface area contributed by atoms with E-state index >= 15 is 0 Å². The van der Waals surface area contributed by atoms with Crippen LogP contribution in [0.5, 0.6) is 0 Å². The summed E-state index contributed by atoms with van der Waals surface area (Å²) in [6.45, 7) is 0.398. The second-order valence-electron chi connectivity index (χ2n) is 4.33. The Bertz CT molecular complexity index is 611. The molecule has 0 saturated carbocycles. The van der Waals surface area contributed by atoms with E-state index in [9.17, 15) is 0 Å². The van der Waals surface area contributed by atoms with E-state index < -0.39 is 0 Å². The summed E-state index contributed by atoms with van der Waals surface area (Å²) in [6, 6.07) is 16.3. The first-order valence-corrected chi connectivity index (χ1v) is 7.91. The van der Waals surface area contributed by atoms with Crippen molar-refractivity contribution >= 4 is 23.4 Å². The van der Waals surface area contributed by atoms with Gasteiger partial charge in [0.2, 0.25) is 0 Å². The molecule has 0 bridgehead atoms. The topological polar surface area (TPSA) is 26.0 Å². The first kappa shape index (κ1) is 15.0. The van der Waals surface area contributed by atoms with Crippen LogP contribution in [0.25, 0.3) is 0 Å². The molecule has 0 aromatic heterocycles. The van der Waals surface area contributed by atoms with Crippen LogP contribution in [0.4, 0.5) is 0 Å². The SMILES string of the molecule is NCC#Cc1cccc(CSCc2ccc(Cl)cc2)c1. The van der Waals surface area contributed by atoms with Gasteiger partial charge < -0.3 is 5.73 Å². The van der Waals surface area contributed by atoms with Crippen LogP contribution in [-0.2, 0) is 11.5 Å². The molecule has 2 aromatic carbocycles. The lowest BCUT2D eigenvalue weighted by Gasteiger charge is -2.03. The van der Waals surface area contributed by atoms with Crippen molar-refractivity contribution in [1.82, 2.24) is 0 Å². The van der Waals surface area contributed by atoms with Gasteiger partial charge in [-0.15, -0.1) is 0 Å². The molecule has 0 unspecified atom stereocenters. The summed E-state index contributed by atoms with van der Waals surface area (Å²) in [7, 11) is 0. The fourth-order valence-corrected chi connectivity index (χ4v) is 2.83. The average molecular weight is 302 g/mol. The summed E-state index contributed by atoms with van der Waals surface area (Å²) < 4.78 is 0. The Morgan fingerprint density at radius 3 is 2.50 bits per heavy atom. The zero-order valence-corrected chi connectivity index (χ0v) is 12.7. The number of halogens is 1. The zero-order valence-electron chi connectivity index (χ0n) is 11.1. The van der Waals surface area contributed by atoms with Crippen molar-refractivity contribution in [1.29, 1.82) is 0 Å². The van der Waals surface area contributed by atoms with Gasteiger partial charge in [0.1, 0.15) is 0 Å². The van der Waals surface area contributed by atoms with Crippen LogP contribution in [0.15, 0.2) is 48.5 Å². The summed E-state index contributed by atoms with van der Waals surface area (Å²) >= 11 is 7.75. The van der Waals surface area contributed by atoms with E-state index in [1.807, 2.05) is 36.0 Å². The van der Waals surface area contributed by atoms with Crippen molar-refractivity contribution in [2.45, 2.75) is 11.5 Å². The standard InChI is InChI=1S/C17H16ClNS/c18-17-8-6-15(7-9-17)12-20-13-16-4-1-3-14(11-16)5-2-10-19/h1,3-4,6-9,11H,10,12-13,19H2. The molecule has 0 amide bonds. The zero-order chi connectivity index (χ0) is 14.2. The van der Waals surface area contributed by atoms with Crippen molar-refractivity contribution < 1.29 is 0 Å². The highest BCUT2D eigenvalue weighted by molar-refractivity contribution is 7.97. The predicted molar refractivity (Wildman–Crippen MR) is 88.8 cm³/mol. The van der Waals surface area contributed by atoms with Crippen molar-refractivity contribution in [2.75, 3.05) is 6.54 Å². The Balaban J connectivity index is 1.89. The van der Waals surface area contributed by atoms with Crippen molar-refractivity contribution in [2.24, 2.45) is 5.73 Å². The smallest absolute Gasteiger partial charge is 0.0555 e. The first-order chi connectivity index (χ1) is 9.78. The third kappa shape index (κ3) is 4.94. The van der Waals surface area contributed by atoms with Crippen LogP contribution < -0.4 is 5.73 Å². The lowest BCUT2D eigenvalue weighted by atomic mass is 10.1. The number of rotatable bonds is 4. The van der Waals surface area contributed by atoms with Crippen molar-refractivity contribution in [3.63, 3.8) is 0 Å². The molecular weight excluding hydrogens is 286 g/mol. The Morgan fingerprint density at radius 1 is 1.00 bits per heavy atom. The van der Waals surface area contributed by atoms with Gasteiger partial charge in [-0.2, -0.15) is 11.8 Å². The summed E-state index contributed by atoms with van der Waals surface area (Å²) in [5.74, 6) is 7.89. The monoisotopic (exact) mass is 301 g/mol. The molecule has 102 valence electrons. The molecule has 0 aliphatic carbocycles. The first-order valence-electron chi connectivity index (χ1n) is 6.38. The molecule has 2 N–H and O–H groups in total. The predicted octanol–water partition coefficient (Wildman–Crippen LogP) is 4.08. The Kier molecular flexibility index (Phi) is 6.01. The summed E-state index contributed by atoms with van der Waals surface area (Å²) in [5, 5.41) is 0.782. The molecular formula is C17H16ClNS. The van der Waals surface area contributed by atoms with Crippen LogP contribution in [0.3, 0.4) is 0 Å². The second-order valence-corrected chi connectivity index (χ2v) is 5.75. The van der Waals surface area contributed by atoms with E-state index in [2.05, 4.69) is 36.1 Å². The number of hydrogen-bond acceptors (Lipinski definition) is 2. The van der Waals surface area contributed by atoms with Gasteiger partial charge in [-0.1, -0.05) is 47.7 Å². The van der Waals surface area contributed by atoms with Gasteiger partial charge in [0.05, 0.1) is 6.54 Å². The van der Waals surface area contributed by atoms with E-state index in [0.29, 0.717) is 6.54 Å². The van der Waals surface area contributed by atoms with Gasteiger partial charge in [-0.25, -0.2) is 0 Å². The normalized spacial score (nSPS) is 9.90. The van der Waals surface area contributed by atoms with Gasteiger partial charge >= 0.3 is 0 Å². The molecule has 2 rings (SSSR count). The Hall–Kier alpha value is -1.40. The largest absolute Gasteiger partial charge is 0.320 e. The minimum atomic E-state index is 0.398. The number of benzene rings is 2. The second kappa shape index (κ2) is 8.01. The van der Waals surface area contributed by atoms with Gasteiger partial charge in [-0.3, -0.25) is 0 Å². The van der Waals surface area contributed by atoms with Crippen molar-refractivity contribution in [3.8, 4) is 11.8 Å². The van der Waals surface area contributed by atoms with Crippen LogP contribution in [0.1, 0.15) is 16.7 Å². The Labute approximate surface area is 129 Å². The fraction of sp³-hybridized carbons (Fsp3) is 0.176. The highest BCUT2D eigenvalue weighted by Gasteiger charge is 1.97. The molecule has 2 aromatic rings. The summed E-state index contributed by atoms with van der Waals surface area (Å²) in [5.41, 5.74) is 8.99. The van der Waals surface area contributed by atoms with Gasteiger partial charge in [-0.05, 0) is 35.4 Å². The number of hydrogen-bond donors (Lipinski definition) is 1. The molecule has 0 radical (unpaired) electrons. The highest BCUT2D eigenvalue weighted by atomic mass is 35.5. The summed E-state index contributed by atoms with van der Waals surface area (Å²) in [6.07, 6.45) is 0. The highest BCUT2D eigenvalue weighted by Crippen LogP contribution is 2.19. The van der Waals surface area contributed by atoms with Crippen LogP contribution in [-0.4, -0.2) is 6.54 Å². The van der Waals surface area contributed by atoms with E-state index in [0.717, 1.165) is 22.1 Å². The van der Waals surface area contributed by atoms with Crippen molar-refractivity contribution in [3.05, 3.63) is 70.2 Å². The minimum Gasteiger partial charge on any atom is -0.320 e. The number of thioether (sulfide) groups is 1. The van der Waals surface area contributed by atoms with Gasteiger partial charge in [0.25, 0.3) is 0 Å². The summed E-state index contributed by atoms with van der Waals surface area (Å²) in [4.78, 5) is 0.